The quantitative estimate of drug-likeness (QED) is 0.657. The van der Waals surface area contributed by atoms with Crippen molar-refractivity contribution in [1.82, 2.24) is 16.0 Å². The Morgan fingerprint density at radius 1 is 1.35 bits per heavy atom. The fraction of sp³-hybridized carbons (Fsp3) is 0.818. The van der Waals surface area contributed by atoms with E-state index >= 15 is 0 Å². The van der Waals surface area contributed by atoms with Gasteiger partial charge in [0.2, 0.25) is 11.8 Å². The van der Waals surface area contributed by atoms with Crippen molar-refractivity contribution in [2.45, 2.75) is 26.7 Å². The van der Waals surface area contributed by atoms with E-state index in [2.05, 4.69) is 16.0 Å². The third kappa shape index (κ3) is 4.91. The number of hydrogen-bond donors (Lipinski definition) is 3. The summed E-state index contributed by atoms with van der Waals surface area (Å²) in [5.74, 6) is -0.158. The maximum atomic E-state index is 11.8. The summed E-state index contributed by atoms with van der Waals surface area (Å²) < 4.78 is 0. The first-order valence-electron chi connectivity index (χ1n) is 5.84. The lowest BCUT2D eigenvalue weighted by molar-refractivity contribution is -0.131. The van der Waals surface area contributed by atoms with E-state index in [1.54, 1.807) is 0 Å². The Hall–Kier alpha value is -0.810. The summed E-state index contributed by atoms with van der Waals surface area (Å²) in [5, 5.41) is 8.56. The average molecular weight is 264 g/mol. The molecular weight excluding hydrogens is 242 g/mol. The highest BCUT2D eigenvalue weighted by Crippen LogP contribution is 2.24. The van der Waals surface area contributed by atoms with E-state index in [0.717, 1.165) is 19.4 Å². The van der Waals surface area contributed by atoms with Crippen LogP contribution in [0.15, 0.2) is 0 Å². The molecule has 0 aromatic carbocycles. The predicted molar refractivity (Wildman–Crippen MR) is 69.2 cm³/mol. The Morgan fingerprint density at radius 3 is 2.59 bits per heavy atom. The molecule has 0 aromatic heterocycles. The van der Waals surface area contributed by atoms with Gasteiger partial charge in [0, 0.05) is 13.1 Å². The van der Waals surface area contributed by atoms with E-state index in [9.17, 15) is 9.59 Å². The number of amides is 2. The lowest BCUT2D eigenvalue weighted by atomic mass is 9.89. The summed E-state index contributed by atoms with van der Waals surface area (Å²) in [6.45, 7) is 6.21. The largest absolute Gasteiger partial charge is 0.355 e. The SMILES string of the molecule is CCCNC(=O)CNC(=O)C1(C)CCNC1.Cl. The maximum Gasteiger partial charge on any atom is 0.239 e. The Labute approximate surface area is 109 Å². The van der Waals surface area contributed by atoms with Gasteiger partial charge in [-0.2, -0.15) is 0 Å². The van der Waals surface area contributed by atoms with Gasteiger partial charge >= 0.3 is 0 Å². The van der Waals surface area contributed by atoms with E-state index in [1.807, 2.05) is 13.8 Å². The van der Waals surface area contributed by atoms with Crippen LogP contribution in [0.5, 0.6) is 0 Å². The van der Waals surface area contributed by atoms with Gasteiger partial charge < -0.3 is 16.0 Å². The van der Waals surface area contributed by atoms with Crippen molar-refractivity contribution in [2.75, 3.05) is 26.2 Å². The first kappa shape index (κ1) is 16.2. The molecule has 0 radical (unpaired) electrons. The van der Waals surface area contributed by atoms with Crippen molar-refractivity contribution in [3.63, 3.8) is 0 Å². The van der Waals surface area contributed by atoms with Crippen LogP contribution in [-0.2, 0) is 9.59 Å². The molecule has 3 N–H and O–H groups in total. The molecule has 1 aliphatic rings. The monoisotopic (exact) mass is 263 g/mol. The zero-order valence-electron chi connectivity index (χ0n) is 10.5. The van der Waals surface area contributed by atoms with Gasteiger partial charge in [0.25, 0.3) is 0 Å². The lowest BCUT2D eigenvalue weighted by Gasteiger charge is -2.21. The lowest BCUT2D eigenvalue weighted by Crippen LogP contribution is -2.44. The Kier molecular flexibility index (Phi) is 7.15. The molecule has 2 amide bonds. The zero-order chi connectivity index (χ0) is 12.0. The molecule has 1 unspecified atom stereocenters. The number of carbonyl (C=O) groups excluding carboxylic acids is 2. The average Bonchev–Trinajstić information content (AvgIpc) is 2.71. The van der Waals surface area contributed by atoms with Crippen LogP contribution in [0.25, 0.3) is 0 Å². The molecule has 0 saturated carbocycles. The molecule has 17 heavy (non-hydrogen) atoms. The van der Waals surface area contributed by atoms with Crippen molar-refractivity contribution in [2.24, 2.45) is 5.41 Å². The minimum Gasteiger partial charge on any atom is -0.355 e. The molecular formula is C11H22ClN3O2. The molecule has 1 fully saturated rings. The van der Waals surface area contributed by atoms with E-state index in [1.165, 1.54) is 0 Å². The molecule has 0 bridgehead atoms. The summed E-state index contributed by atoms with van der Waals surface area (Å²) in [6, 6.07) is 0. The van der Waals surface area contributed by atoms with Crippen LogP contribution in [0.1, 0.15) is 26.7 Å². The topological polar surface area (TPSA) is 70.2 Å². The summed E-state index contributed by atoms with van der Waals surface area (Å²) >= 11 is 0. The number of rotatable bonds is 5. The minimum atomic E-state index is -0.356. The van der Waals surface area contributed by atoms with Gasteiger partial charge in [-0.15, -0.1) is 12.4 Å². The number of hydrogen-bond acceptors (Lipinski definition) is 3. The summed E-state index contributed by atoms with van der Waals surface area (Å²) in [4.78, 5) is 23.1. The zero-order valence-corrected chi connectivity index (χ0v) is 11.3. The van der Waals surface area contributed by atoms with Gasteiger partial charge in [0.1, 0.15) is 0 Å². The number of carbonyl (C=O) groups is 2. The van der Waals surface area contributed by atoms with Crippen LogP contribution in [0.3, 0.4) is 0 Å². The second kappa shape index (κ2) is 7.50. The Morgan fingerprint density at radius 2 is 2.06 bits per heavy atom. The highest BCUT2D eigenvalue weighted by atomic mass is 35.5. The van der Waals surface area contributed by atoms with Crippen LogP contribution >= 0.6 is 12.4 Å². The second-order valence-corrected chi connectivity index (χ2v) is 4.52. The standard InChI is InChI=1S/C11H21N3O2.ClH/c1-3-5-13-9(15)7-14-10(16)11(2)4-6-12-8-11;/h12H,3-8H2,1-2H3,(H,13,15)(H,14,16);1H. The van der Waals surface area contributed by atoms with Crippen LogP contribution in [-0.4, -0.2) is 38.0 Å². The van der Waals surface area contributed by atoms with Gasteiger partial charge in [-0.3, -0.25) is 9.59 Å². The molecule has 0 aliphatic carbocycles. The Bertz CT molecular complexity index is 265. The maximum absolute atomic E-state index is 11.8. The van der Waals surface area contributed by atoms with Crippen molar-refractivity contribution in [3.05, 3.63) is 0 Å². The van der Waals surface area contributed by atoms with Gasteiger partial charge in [-0.1, -0.05) is 6.92 Å². The van der Waals surface area contributed by atoms with E-state index < -0.39 is 0 Å². The first-order chi connectivity index (χ1) is 7.58. The first-order valence-corrected chi connectivity index (χ1v) is 5.84. The van der Waals surface area contributed by atoms with Gasteiger partial charge in [-0.05, 0) is 26.3 Å². The molecule has 6 heteroatoms. The van der Waals surface area contributed by atoms with Crippen molar-refractivity contribution in [3.8, 4) is 0 Å². The molecule has 1 saturated heterocycles. The van der Waals surface area contributed by atoms with Crippen molar-refractivity contribution < 1.29 is 9.59 Å². The Balaban J connectivity index is 0.00000256. The molecule has 1 heterocycles. The van der Waals surface area contributed by atoms with Crippen LogP contribution < -0.4 is 16.0 Å². The molecule has 1 atom stereocenters. The fourth-order valence-corrected chi connectivity index (χ4v) is 1.71. The molecule has 1 rings (SSSR count). The third-order valence-electron chi connectivity index (χ3n) is 2.90. The highest BCUT2D eigenvalue weighted by Gasteiger charge is 2.36. The van der Waals surface area contributed by atoms with E-state index in [0.29, 0.717) is 13.1 Å². The van der Waals surface area contributed by atoms with Gasteiger partial charge in [0.15, 0.2) is 0 Å². The smallest absolute Gasteiger partial charge is 0.239 e. The number of halogens is 1. The van der Waals surface area contributed by atoms with Crippen molar-refractivity contribution in [1.29, 1.82) is 0 Å². The minimum absolute atomic E-state index is 0. The van der Waals surface area contributed by atoms with Crippen LogP contribution in [0.4, 0.5) is 0 Å². The van der Waals surface area contributed by atoms with Gasteiger partial charge in [-0.25, -0.2) is 0 Å². The normalized spacial score (nSPS) is 22.7. The number of nitrogens with one attached hydrogen (secondary N) is 3. The van der Waals surface area contributed by atoms with E-state index in [-0.39, 0.29) is 36.2 Å². The molecule has 0 spiro atoms. The van der Waals surface area contributed by atoms with E-state index in [4.69, 9.17) is 0 Å². The second-order valence-electron chi connectivity index (χ2n) is 4.52. The molecule has 5 nitrogen and oxygen atoms in total. The fourth-order valence-electron chi connectivity index (χ4n) is 1.71. The van der Waals surface area contributed by atoms with Crippen LogP contribution in [0.2, 0.25) is 0 Å². The van der Waals surface area contributed by atoms with Crippen LogP contribution in [0, 0.1) is 5.41 Å². The molecule has 1 aliphatic heterocycles. The summed E-state index contributed by atoms with van der Waals surface area (Å²) in [5.41, 5.74) is -0.356. The summed E-state index contributed by atoms with van der Waals surface area (Å²) in [6.07, 6.45) is 1.73. The highest BCUT2D eigenvalue weighted by molar-refractivity contribution is 5.88. The predicted octanol–water partition coefficient (Wildman–Crippen LogP) is 0.0502. The third-order valence-corrected chi connectivity index (χ3v) is 2.90. The summed E-state index contributed by atoms with van der Waals surface area (Å²) in [7, 11) is 0. The molecule has 100 valence electrons. The van der Waals surface area contributed by atoms with Crippen molar-refractivity contribution >= 4 is 24.2 Å². The van der Waals surface area contributed by atoms with Gasteiger partial charge in [0.05, 0.1) is 12.0 Å². The molecule has 0 aromatic rings.